The molecule has 0 amide bonds. The molecule has 0 aliphatic rings. The fraction of sp³-hybridized carbons (Fsp3) is 1.00. The summed E-state index contributed by atoms with van der Waals surface area (Å²) in [5.41, 5.74) is 0. The first kappa shape index (κ1) is 13.9. The zero-order valence-corrected chi connectivity index (χ0v) is 9.59. The molecule has 0 aromatic carbocycles. The van der Waals surface area contributed by atoms with Crippen LogP contribution in [0.2, 0.25) is 0 Å². The Kier molecular flexibility index (Phi) is 12.8. The molecule has 0 aliphatic heterocycles. The van der Waals surface area contributed by atoms with E-state index in [1.165, 1.54) is 6.42 Å². The van der Waals surface area contributed by atoms with Crippen molar-refractivity contribution in [2.75, 3.05) is 40.1 Å². The van der Waals surface area contributed by atoms with Gasteiger partial charge in [0, 0.05) is 40.1 Å². The van der Waals surface area contributed by atoms with Gasteiger partial charge >= 0.3 is 0 Å². The quantitative estimate of drug-likeness (QED) is 0.483. The molecule has 3 nitrogen and oxygen atoms in total. The normalized spacial score (nSPS) is 10.7. The molecule has 0 unspecified atom stereocenters. The van der Waals surface area contributed by atoms with E-state index in [0.717, 1.165) is 52.3 Å². The lowest BCUT2D eigenvalue weighted by molar-refractivity contribution is 0.0709. The largest absolute Gasteiger partial charge is 0.385 e. The molecule has 3 heteroatoms. The standard InChI is InChI=1S/C11H24O3/c1-3-4-8-13-10-6-11-14-9-5-7-12-2/h3-11H2,1-2H3. The second kappa shape index (κ2) is 12.9. The van der Waals surface area contributed by atoms with Gasteiger partial charge in [0.2, 0.25) is 0 Å². The van der Waals surface area contributed by atoms with Gasteiger partial charge in [0.1, 0.15) is 0 Å². The summed E-state index contributed by atoms with van der Waals surface area (Å²) in [5, 5.41) is 0. The molecule has 0 spiro atoms. The van der Waals surface area contributed by atoms with Crippen LogP contribution in [0.3, 0.4) is 0 Å². The highest BCUT2D eigenvalue weighted by molar-refractivity contribution is 4.38. The minimum absolute atomic E-state index is 0.785. The average Bonchev–Trinajstić information content (AvgIpc) is 2.21. The zero-order chi connectivity index (χ0) is 10.5. The highest BCUT2D eigenvalue weighted by Crippen LogP contribution is 1.91. The van der Waals surface area contributed by atoms with Crippen molar-refractivity contribution in [3.8, 4) is 0 Å². The van der Waals surface area contributed by atoms with Crippen LogP contribution < -0.4 is 0 Å². The molecule has 0 aromatic heterocycles. The molecule has 0 heterocycles. The van der Waals surface area contributed by atoms with E-state index in [1.807, 2.05) is 0 Å². The van der Waals surface area contributed by atoms with Gasteiger partial charge in [-0.25, -0.2) is 0 Å². The summed E-state index contributed by atoms with van der Waals surface area (Å²) >= 11 is 0. The van der Waals surface area contributed by atoms with E-state index >= 15 is 0 Å². The van der Waals surface area contributed by atoms with Crippen LogP contribution in [-0.2, 0) is 14.2 Å². The van der Waals surface area contributed by atoms with Gasteiger partial charge < -0.3 is 14.2 Å². The third-order valence-electron chi connectivity index (χ3n) is 1.86. The van der Waals surface area contributed by atoms with Crippen LogP contribution >= 0.6 is 0 Å². The summed E-state index contributed by atoms with van der Waals surface area (Å²) in [5.74, 6) is 0. The third-order valence-corrected chi connectivity index (χ3v) is 1.86. The predicted octanol–water partition coefficient (Wildman–Crippen LogP) is 2.25. The fourth-order valence-corrected chi connectivity index (χ4v) is 1.02. The van der Waals surface area contributed by atoms with Crippen molar-refractivity contribution in [3.63, 3.8) is 0 Å². The topological polar surface area (TPSA) is 27.7 Å². The van der Waals surface area contributed by atoms with Crippen LogP contribution in [0.4, 0.5) is 0 Å². The molecular formula is C11H24O3. The van der Waals surface area contributed by atoms with Crippen molar-refractivity contribution in [1.82, 2.24) is 0 Å². The first-order chi connectivity index (χ1) is 6.91. The Morgan fingerprint density at radius 1 is 0.714 bits per heavy atom. The molecule has 14 heavy (non-hydrogen) atoms. The summed E-state index contributed by atoms with van der Waals surface area (Å²) in [7, 11) is 1.71. The van der Waals surface area contributed by atoms with Gasteiger partial charge in [-0.15, -0.1) is 0 Å². The molecule has 0 bridgehead atoms. The van der Waals surface area contributed by atoms with Crippen LogP contribution in [0.25, 0.3) is 0 Å². The molecule has 0 atom stereocenters. The molecule has 0 radical (unpaired) electrons. The SMILES string of the molecule is CCCCOCCCOCCCOC. The van der Waals surface area contributed by atoms with E-state index in [9.17, 15) is 0 Å². The Morgan fingerprint density at radius 2 is 1.21 bits per heavy atom. The molecule has 0 rings (SSSR count). The van der Waals surface area contributed by atoms with Crippen LogP contribution in [0, 0.1) is 0 Å². The monoisotopic (exact) mass is 204 g/mol. The molecule has 0 aliphatic carbocycles. The Bertz CT molecular complexity index is 84.5. The van der Waals surface area contributed by atoms with Crippen LogP contribution in [0.1, 0.15) is 32.6 Å². The van der Waals surface area contributed by atoms with Crippen LogP contribution in [0.15, 0.2) is 0 Å². The molecule has 0 N–H and O–H groups in total. The van der Waals surface area contributed by atoms with Crippen molar-refractivity contribution in [3.05, 3.63) is 0 Å². The molecule has 0 fully saturated rings. The van der Waals surface area contributed by atoms with Gasteiger partial charge in [-0.1, -0.05) is 13.3 Å². The maximum Gasteiger partial charge on any atom is 0.0488 e. The second-order valence-corrected chi connectivity index (χ2v) is 3.28. The van der Waals surface area contributed by atoms with E-state index in [2.05, 4.69) is 6.92 Å². The highest BCUT2D eigenvalue weighted by Gasteiger charge is 1.90. The van der Waals surface area contributed by atoms with E-state index < -0.39 is 0 Å². The van der Waals surface area contributed by atoms with Gasteiger partial charge in [0.25, 0.3) is 0 Å². The lowest BCUT2D eigenvalue weighted by atomic mass is 10.4. The second-order valence-electron chi connectivity index (χ2n) is 3.28. The number of unbranched alkanes of at least 4 members (excludes halogenated alkanes) is 1. The first-order valence-electron chi connectivity index (χ1n) is 5.56. The lowest BCUT2D eigenvalue weighted by Crippen LogP contribution is -2.04. The number of methoxy groups -OCH3 is 1. The van der Waals surface area contributed by atoms with Gasteiger partial charge in [-0.2, -0.15) is 0 Å². The van der Waals surface area contributed by atoms with E-state index in [-0.39, 0.29) is 0 Å². The Labute approximate surface area is 87.7 Å². The molecule has 0 aromatic rings. The Balaban J connectivity index is 2.78. The number of hydrogen-bond donors (Lipinski definition) is 0. The fourth-order valence-electron chi connectivity index (χ4n) is 1.02. The molecule has 0 saturated heterocycles. The lowest BCUT2D eigenvalue weighted by Gasteiger charge is -2.04. The minimum Gasteiger partial charge on any atom is -0.385 e. The van der Waals surface area contributed by atoms with Crippen LogP contribution in [0.5, 0.6) is 0 Å². The van der Waals surface area contributed by atoms with E-state index in [1.54, 1.807) is 7.11 Å². The highest BCUT2D eigenvalue weighted by atomic mass is 16.5. The van der Waals surface area contributed by atoms with Gasteiger partial charge in [0.15, 0.2) is 0 Å². The van der Waals surface area contributed by atoms with E-state index in [0.29, 0.717) is 0 Å². The summed E-state index contributed by atoms with van der Waals surface area (Å²) in [4.78, 5) is 0. The third kappa shape index (κ3) is 11.9. The van der Waals surface area contributed by atoms with Gasteiger partial charge in [0.05, 0.1) is 0 Å². The Hall–Kier alpha value is -0.120. The average molecular weight is 204 g/mol. The van der Waals surface area contributed by atoms with Crippen LogP contribution in [-0.4, -0.2) is 40.1 Å². The number of ether oxygens (including phenoxy) is 3. The minimum atomic E-state index is 0.785. The van der Waals surface area contributed by atoms with Crippen molar-refractivity contribution in [2.24, 2.45) is 0 Å². The summed E-state index contributed by atoms with van der Waals surface area (Å²) < 4.78 is 15.7. The number of hydrogen-bond acceptors (Lipinski definition) is 3. The molecule has 86 valence electrons. The zero-order valence-electron chi connectivity index (χ0n) is 9.59. The summed E-state index contributed by atoms with van der Waals surface area (Å²) in [6.45, 7) is 6.26. The maximum atomic E-state index is 5.40. The number of rotatable bonds is 11. The van der Waals surface area contributed by atoms with Crippen molar-refractivity contribution < 1.29 is 14.2 Å². The van der Waals surface area contributed by atoms with Gasteiger partial charge in [-0.3, -0.25) is 0 Å². The van der Waals surface area contributed by atoms with Crippen molar-refractivity contribution in [1.29, 1.82) is 0 Å². The van der Waals surface area contributed by atoms with Crippen molar-refractivity contribution in [2.45, 2.75) is 32.6 Å². The van der Waals surface area contributed by atoms with E-state index in [4.69, 9.17) is 14.2 Å². The molecule has 0 saturated carbocycles. The molecular weight excluding hydrogens is 180 g/mol. The van der Waals surface area contributed by atoms with Crippen molar-refractivity contribution >= 4 is 0 Å². The first-order valence-corrected chi connectivity index (χ1v) is 5.56. The van der Waals surface area contributed by atoms with Gasteiger partial charge in [-0.05, 0) is 19.3 Å². The predicted molar refractivity (Wildman–Crippen MR) is 57.7 cm³/mol. The maximum absolute atomic E-state index is 5.40. The smallest absolute Gasteiger partial charge is 0.0488 e. The Morgan fingerprint density at radius 3 is 1.71 bits per heavy atom. The summed E-state index contributed by atoms with van der Waals surface area (Å²) in [6.07, 6.45) is 4.34. The summed E-state index contributed by atoms with van der Waals surface area (Å²) in [6, 6.07) is 0.